The second-order valence-corrected chi connectivity index (χ2v) is 7.19. The summed E-state index contributed by atoms with van der Waals surface area (Å²) in [5.41, 5.74) is 1.48. The van der Waals surface area contributed by atoms with E-state index in [1.807, 2.05) is 0 Å². The standard InChI is InChI=1S/C19H30N2/c1-16(2)19-15-20-12-7-11-18(20)14-21(19)13-6-10-17-8-4-3-5-9-17/h3-5,8-9,16,18-19H,6-7,10-15H2,1-2H3. The molecule has 2 atom stereocenters. The van der Waals surface area contributed by atoms with Crippen LogP contribution in [0.25, 0.3) is 0 Å². The third-order valence-corrected chi connectivity index (χ3v) is 5.36. The lowest BCUT2D eigenvalue weighted by molar-refractivity contribution is 0.0288. The van der Waals surface area contributed by atoms with E-state index in [0.29, 0.717) is 0 Å². The zero-order valence-electron chi connectivity index (χ0n) is 13.7. The molecule has 0 N–H and O–H groups in total. The summed E-state index contributed by atoms with van der Waals surface area (Å²) in [5, 5.41) is 0. The van der Waals surface area contributed by atoms with Crippen LogP contribution in [0, 0.1) is 5.92 Å². The summed E-state index contributed by atoms with van der Waals surface area (Å²) < 4.78 is 0. The minimum Gasteiger partial charge on any atom is -0.298 e. The Labute approximate surface area is 130 Å². The molecule has 2 unspecified atom stereocenters. The predicted octanol–water partition coefficient (Wildman–Crippen LogP) is 3.42. The molecule has 0 aliphatic carbocycles. The third-order valence-electron chi connectivity index (χ3n) is 5.36. The number of fused-ring (bicyclic) bond motifs is 1. The average molecular weight is 286 g/mol. The van der Waals surface area contributed by atoms with Gasteiger partial charge in [0.2, 0.25) is 0 Å². The molecule has 2 aliphatic heterocycles. The Balaban J connectivity index is 1.54. The zero-order valence-corrected chi connectivity index (χ0v) is 13.7. The van der Waals surface area contributed by atoms with Crippen molar-refractivity contribution in [2.75, 3.05) is 26.2 Å². The normalized spacial score (nSPS) is 27.2. The van der Waals surface area contributed by atoms with E-state index in [4.69, 9.17) is 0 Å². The van der Waals surface area contributed by atoms with Crippen LogP contribution in [0.1, 0.15) is 38.7 Å². The Morgan fingerprint density at radius 2 is 1.95 bits per heavy atom. The van der Waals surface area contributed by atoms with Crippen molar-refractivity contribution < 1.29 is 0 Å². The fourth-order valence-corrected chi connectivity index (χ4v) is 4.12. The molecule has 0 bridgehead atoms. The molecule has 0 spiro atoms. The summed E-state index contributed by atoms with van der Waals surface area (Å²) in [5.74, 6) is 0.767. The smallest absolute Gasteiger partial charge is 0.0246 e. The van der Waals surface area contributed by atoms with Gasteiger partial charge in [-0.15, -0.1) is 0 Å². The summed E-state index contributed by atoms with van der Waals surface area (Å²) >= 11 is 0. The lowest BCUT2D eigenvalue weighted by atomic mass is 9.96. The molecule has 2 heteroatoms. The molecular formula is C19H30N2. The molecular weight excluding hydrogens is 256 g/mol. The van der Waals surface area contributed by atoms with Gasteiger partial charge in [-0.25, -0.2) is 0 Å². The molecule has 116 valence electrons. The van der Waals surface area contributed by atoms with Gasteiger partial charge in [-0.3, -0.25) is 9.80 Å². The van der Waals surface area contributed by atoms with Crippen LogP contribution in [0.15, 0.2) is 30.3 Å². The first-order valence-corrected chi connectivity index (χ1v) is 8.76. The van der Waals surface area contributed by atoms with E-state index in [9.17, 15) is 0 Å². The minimum atomic E-state index is 0.759. The molecule has 2 nitrogen and oxygen atoms in total. The van der Waals surface area contributed by atoms with Crippen molar-refractivity contribution in [2.24, 2.45) is 5.92 Å². The lowest BCUT2D eigenvalue weighted by Crippen LogP contribution is -2.57. The Hall–Kier alpha value is -0.860. The zero-order chi connectivity index (χ0) is 14.7. The van der Waals surface area contributed by atoms with E-state index in [0.717, 1.165) is 18.0 Å². The van der Waals surface area contributed by atoms with E-state index in [1.165, 1.54) is 57.4 Å². The maximum atomic E-state index is 2.79. The van der Waals surface area contributed by atoms with Gasteiger partial charge in [0, 0.05) is 25.2 Å². The van der Waals surface area contributed by atoms with Crippen LogP contribution in [0.5, 0.6) is 0 Å². The maximum absolute atomic E-state index is 2.79. The van der Waals surface area contributed by atoms with Crippen molar-refractivity contribution in [1.29, 1.82) is 0 Å². The van der Waals surface area contributed by atoms with Crippen LogP contribution in [0.2, 0.25) is 0 Å². The number of rotatable bonds is 5. The van der Waals surface area contributed by atoms with Crippen LogP contribution >= 0.6 is 0 Å². The van der Waals surface area contributed by atoms with Gasteiger partial charge in [0.05, 0.1) is 0 Å². The number of hydrogen-bond acceptors (Lipinski definition) is 2. The molecule has 2 aliphatic rings. The summed E-state index contributed by atoms with van der Waals surface area (Å²) in [6.45, 7) is 10.00. The van der Waals surface area contributed by atoms with Gasteiger partial charge in [0.25, 0.3) is 0 Å². The van der Waals surface area contributed by atoms with Crippen molar-refractivity contribution in [3.05, 3.63) is 35.9 Å². The van der Waals surface area contributed by atoms with Gasteiger partial charge < -0.3 is 0 Å². The highest BCUT2D eigenvalue weighted by atomic mass is 15.3. The van der Waals surface area contributed by atoms with Gasteiger partial charge in [0.15, 0.2) is 0 Å². The molecule has 0 saturated carbocycles. The third kappa shape index (κ3) is 3.67. The number of hydrogen-bond donors (Lipinski definition) is 0. The van der Waals surface area contributed by atoms with Crippen molar-refractivity contribution in [1.82, 2.24) is 9.80 Å². The molecule has 0 aromatic heterocycles. The second kappa shape index (κ2) is 6.93. The Morgan fingerprint density at radius 1 is 1.14 bits per heavy atom. The van der Waals surface area contributed by atoms with Gasteiger partial charge in [-0.1, -0.05) is 44.2 Å². The Bertz CT molecular complexity index is 428. The van der Waals surface area contributed by atoms with Crippen molar-refractivity contribution in [3.63, 3.8) is 0 Å². The van der Waals surface area contributed by atoms with Crippen molar-refractivity contribution >= 4 is 0 Å². The first-order valence-electron chi connectivity index (χ1n) is 8.76. The van der Waals surface area contributed by atoms with E-state index < -0.39 is 0 Å². The van der Waals surface area contributed by atoms with Gasteiger partial charge in [-0.2, -0.15) is 0 Å². The molecule has 0 amide bonds. The topological polar surface area (TPSA) is 6.48 Å². The second-order valence-electron chi connectivity index (χ2n) is 7.19. The van der Waals surface area contributed by atoms with Crippen LogP contribution < -0.4 is 0 Å². The van der Waals surface area contributed by atoms with Crippen LogP contribution in [-0.2, 0) is 6.42 Å². The molecule has 1 aromatic rings. The van der Waals surface area contributed by atoms with E-state index in [2.05, 4.69) is 54.0 Å². The monoisotopic (exact) mass is 286 g/mol. The summed E-state index contributed by atoms with van der Waals surface area (Å²) in [7, 11) is 0. The molecule has 0 radical (unpaired) electrons. The van der Waals surface area contributed by atoms with E-state index in [1.54, 1.807) is 0 Å². The van der Waals surface area contributed by atoms with Crippen LogP contribution in [0.3, 0.4) is 0 Å². The largest absolute Gasteiger partial charge is 0.298 e. The Morgan fingerprint density at radius 3 is 2.71 bits per heavy atom. The highest BCUT2D eigenvalue weighted by Gasteiger charge is 2.36. The number of piperazine rings is 1. The Kier molecular flexibility index (Phi) is 4.97. The van der Waals surface area contributed by atoms with Crippen LogP contribution in [-0.4, -0.2) is 48.1 Å². The van der Waals surface area contributed by atoms with Gasteiger partial charge >= 0.3 is 0 Å². The highest BCUT2D eigenvalue weighted by Crippen LogP contribution is 2.27. The summed E-state index contributed by atoms with van der Waals surface area (Å²) in [6, 6.07) is 12.5. The van der Waals surface area contributed by atoms with Crippen LogP contribution in [0.4, 0.5) is 0 Å². The minimum absolute atomic E-state index is 0.759. The fraction of sp³-hybridized carbons (Fsp3) is 0.684. The maximum Gasteiger partial charge on any atom is 0.0246 e. The average Bonchev–Trinajstić information content (AvgIpc) is 2.94. The number of nitrogens with zero attached hydrogens (tertiary/aromatic N) is 2. The fourth-order valence-electron chi connectivity index (χ4n) is 4.12. The SMILES string of the molecule is CC(C)C1CN2CCCC2CN1CCCc1ccccc1. The highest BCUT2D eigenvalue weighted by molar-refractivity contribution is 5.14. The van der Waals surface area contributed by atoms with E-state index in [-0.39, 0.29) is 0 Å². The van der Waals surface area contributed by atoms with Crippen molar-refractivity contribution in [2.45, 2.75) is 51.6 Å². The lowest BCUT2D eigenvalue weighted by Gasteiger charge is -2.45. The number of benzene rings is 1. The number of aryl methyl sites for hydroxylation is 1. The molecule has 2 saturated heterocycles. The molecule has 1 aromatic carbocycles. The van der Waals surface area contributed by atoms with Gasteiger partial charge in [0.1, 0.15) is 0 Å². The van der Waals surface area contributed by atoms with Crippen molar-refractivity contribution in [3.8, 4) is 0 Å². The van der Waals surface area contributed by atoms with E-state index >= 15 is 0 Å². The quantitative estimate of drug-likeness (QED) is 0.818. The summed E-state index contributed by atoms with van der Waals surface area (Å²) in [6.07, 6.45) is 5.34. The molecule has 2 heterocycles. The first kappa shape index (κ1) is 15.1. The first-order chi connectivity index (χ1) is 10.2. The van der Waals surface area contributed by atoms with Gasteiger partial charge in [-0.05, 0) is 50.3 Å². The summed E-state index contributed by atoms with van der Waals surface area (Å²) in [4.78, 5) is 5.54. The molecule has 21 heavy (non-hydrogen) atoms. The molecule has 3 rings (SSSR count). The molecule has 2 fully saturated rings. The predicted molar refractivity (Wildman–Crippen MR) is 89.6 cm³/mol.